The average Bonchev–Trinajstić information content (AvgIpc) is 3.29. The second-order valence-corrected chi connectivity index (χ2v) is 7.73. The van der Waals surface area contributed by atoms with Gasteiger partial charge in [0.25, 0.3) is 0 Å². The first-order chi connectivity index (χ1) is 12.6. The number of methoxy groups -OCH3 is 1. The van der Waals surface area contributed by atoms with E-state index in [4.69, 9.17) is 4.74 Å². The molecule has 0 spiro atoms. The maximum Gasteiger partial charge on any atom is 0.307 e. The Kier molecular flexibility index (Phi) is 4.51. The summed E-state index contributed by atoms with van der Waals surface area (Å²) in [5.41, 5.74) is 1.13. The summed E-state index contributed by atoms with van der Waals surface area (Å²) in [5, 5.41) is 9.60. The number of piperazine rings is 1. The fourth-order valence-corrected chi connectivity index (χ4v) is 5.19. The van der Waals surface area contributed by atoms with Crippen LogP contribution in [0.5, 0.6) is 5.75 Å². The maximum absolute atomic E-state index is 13.1. The minimum Gasteiger partial charge on any atom is -0.497 e. The van der Waals surface area contributed by atoms with Crippen molar-refractivity contribution in [2.75, 3.05) is 38.2 Å². The van der Waals surface area contributed by atoms with Crippen LogP contribution < -0.4 is 9.64 Å². The van der Waals surface area contributed by atoms with Crippen molar-refractivity contribution in [3.63, 3.8) is 0 Å². The SMILES string of the molecule is COc1ccc(N2CCN(C(=O)[C@@H]3[C@H]4CC[C@@H](C4)[C@H]3C(=O)O)CC2)cc1. The minimum absolute atomic E-state index is 0.0685. The molecule has 1 saturated heterocycles. The highest BCUT2D eigenvalue weighted by Crippen LogP contribution is 2.53. The zero-order valence-corrected chi connectivity index (χ0v) is 15.1. The molecule has 2 bridgehead atoms. The number of carboxylic acids is 1. The molecule has 4 rings (SSSR count). The Morgan fingerprint density at radius 2 is 1.62 bits per heavy atom. The van der Waals surface area contributed by atoms with Crippen LogP contribution in [0.4, 0.5) is 5.69 Å². The molecule has 3 aliphatic rings. The Morgan fingerprint density at radius 1 is 1.00 bits per heavy atom. The summed E-state index contributed by atoms with van der Waals surface area (Å²) in [6.07, 6.45) is 2.90. The number of carbonyl (C=O) groups excluding carboxylic acids is 1. The third-order valence-corrected chi connectivity index (χ3v) is 6.52. The van der Waals surface area contributed by atoms with Crippen LogP contribution in [0.15, 0.2) is 24.3 Å². The molecule has 1 N–H and O–H groups in total. The molecule has 1 heterocycles. The number of hydrogen-bond acceptors (Lipinski definition) is 4. The molecule has 4 atom stereocenters. The lowest BCUT2D eigenvalue weighted by Crippen LogP contribution is -2.52. The van der Waals surface area contributed by atoms with Gasteiger partial charge in [0.1, 0.15) is 5.75 Å². The quantitative estimate of drug-likeness (QED) is 0.892. The van der Waals surface area contributed by atoms with Gasteiger partial charge in [-0.3, -0.25) is 9.59 Å². The van der Waals surface area contributed by atoms with Crippen molar-refractivity contribution in [1.29, 1.82) is 0 Å². The Bertz CT molecular complexity index is 682. The fourth-order valence-electron chi connectivity index (χ4n) is 5.19. The lowest BCUT2D eigenvalue weighted by Gasteiger charge is -2.39. The third kappa shape index (κ3) is 2.91. The molecule has 3 fully saturated rings. The Balaban J connectivity index is 1.39. The van der Waals surface area contributed by atoms with E-state index in [0.717, 1.165) is 43.8 Å². The number of amides is 1. The summed E-state index contributed by atoms with van der Waals surface area (Å²) in [7, 11) is 1.65. The topological polar surface area (TPSA) is 70.1 Å². The highest BCUT2D eigenvalue weighted by atomic mass is 16.5. The molecular formula is C20H26N2O4. The molecule has 140 valence electrons. The number of carbonyl (C=O) groups is 2. The van der Waals surface area contributed by atoms with Gasteiger partial charge < -0.3 is 19.6 Å². The summed E-state index contributed by atoms with van der Waals surface area (Å²) in [5.74, 6) is -0.190. The van der Waals surface area contributed by atoms with Gasteiger partial charge in [-0.1, -0.05) is 0 Å². The molecule has 0 aromatic heterocycles. The third-order valence-electron chi connectivity index (χ3n) is 6.52. The van der Waals surface area contributed by atoms with Gasteiger partial charge in [0.15, 0.2) is 0 Å². The van der Waals surface area contributed by atoms with E-state index < -0.39 is 11.9 Å². The Morgan fingerprint density at radius 3 is 2.19 bits per heavy atom. The average molecular weight is 358 g/mol. The number of anilines is 1. The van der Waals surface area contributed by atoms with Gasteiger partial charge in [-0.25, -0.2) is 0 Å². The molecule has 1 amide bonds. The number of fused-ring (bicyclic) bond motifs is 2. The molecule has 6 nitrogen and oxygen atoms in total. The molecule has 1 aromatic carbocycles. The van der Waals surface area contributed by atoms with E-state index in [2.05, 4.69) is 4.90 Å². The summed E-state index contributed by atoms with van der Waals surface area (Å²) in [4.78, 5) is 28.9. The zero-order valence-electron chi connectivity index (χ0n) is 15.1. The lowest BCUT2D eigenvalue weighted by atomic mass is 9.78. The molecule has 1 aromatic rings. The Hall–Kier alpha value is -2.24. The molecule has 0 unspecified atom stereocenters. The minimum atomic E-state index is -0.785. The van der Waals surface area contributed by atoms with Gasteiger partial charge >= 0.3 is 5.97 Å². The number of carboxylic acid groups (broad SMARTS) is 1. The van der Waals surface area contributed by atoms with Crippen molar-refractivity contribution < 1.29 is 19.4 Å². The van der Waals surface area contributed by atoms with Crippen molar-refractivity contribution in [2.45, 2.75) is 19.3 Å². The second kappa shape index (κ2) is 6.82. The lowest BCUT2D eigenvalue weighted by molar-refractivity contribution is -0.153. The van der Waals surface area contributed by atoms with E-state index in [-0.39, 0.29) is 23.7 Å². The van der Waals surface area contributed by atoms with Crippen molar-refractivity contribution in [3.8, 4) is 5.75 Å². The molecule has 2 aliphatic carbocycles. The second-order valence-electron chi connectivity index (χ2n) is 7.73. The van der Waals surface area contributed by atoms with Crippen molar-refractivity contribution in [1.82, 2.24) is 4.90 Å². The van der Waals surface area contributed by atoms with E-state index >= 15 is 0 Å². The highest BCUT2D eigenvalue weighted by molar-refractivity contribution is 5.86. The number of hydrogen-bond donors (Lipinski definition) is 1. The monoisotopic (exact) mass is 358 g/mol. The van der Waals surface area contributed by atoms with Crippen molar-refractivity contribution in [2.24, 2.45) is 23.7 Å². The standard InChI is InChI=1S/C20H26N2O4/c1-26-16-6-4-15(5-7-16)21-8-10-22(11-9-21)19(23)17-13-2-3-14(12-13)18(17)20(24)25/h4-7,13-14,17-18H,2-3,8-12H2,1H3,(H,24,25)/t13-,14-,17+,18+/m0/s1. The van der Waals surface area contributed by atoms with E-state index in [9.17, 15) is 14.7 Å². The van der Waals surface area contributed by atoms with Gasteiger partial charge in [-0.05, 0) is 55.4 Å². The summed E-state index contributed by atoms with van der Waals surface area (Å²) >= 11 is 0. The van der Waals surface area contributed by atoms with Crippen LogP contribution >= 0.6 is 0 Å². The molecule has 1 aliphatic heterocycles. The van der Waals surface area contributed by atoms with Gasteiger partial charge in [-0.15, -0.1) is 0 Å². The van der Waals surface area contributed by atoms with Crippen LogP contribution in [-0.2, 0) is 9.59 Å². The molecule has 2 saturated carbocycles. The number of aliphatic carboxylic acids is 1. The number of nitrogens with zero attached hydrogens (tertiary/aromatic N) is 2. The van der Waals surface area contributed by atoms with Crippen LogP contribution in [0.3, 0.4) is 0 Å². The number of rotatable bonds is 4. The van der Waals surface area contributed by atoms with Crippen LogP contribution in [0.25, 0.3) is 0 Å². The van der Waals surface area contributed by atoms with Gasteiger partial charge in [0, 0.05) is 31.9 Å². The zero-order chi connectivity index (χ0) is 18.3. The first-order valence-electron chi connectivity index (χ1n) is 9.49. The predicted octanol–water partition coefficient (Wildman–Crippen LogP) is 2.09. The molecule has 6 heteroatoms. The van der Waals surface area contributed by atoms with E-state index in [1.165, 1.54) is 0 Å². The highest BCUT2D eigenvalue weighted by Gasteiger charge is 2.54. The molecule has 0 radical (unpaired) electrons. The van der Waals surface area contributed by atoms with Crippen LogP contribution in [0.2, 0.25) is 0 Å². The van der Waals surface area contributed by atoms with Gasteiger partial charge in [0.05, 0.1) is 18.9 Å². The normalized spacial score (nSPS) is 30.5. The largest absolute Gasteiger partial charge is 0.497 e. The van der Waals surface area contributed by atoms with Crippen LogP contribution in [0.1, 0.15) is 19.3 Å². The predicted molar refractivity (Wildman–Crippen MR) is 97.2 cm³/mol. The first-order valence-corrected chi connectivity index (χ1v) is 9.49. The molecular weight excluding hydrogens is 332 g/mol. The van der Waals surface area contributed by atoms with Gasteiger partial charge in [0.2, 0.25) is 5.91 Å². The van der Waals surface area contributed by atoms with Crippen LogP contribution in [-0.4, -0.2) is 55.2 Å². The fraction of sp³-hybridized carbons (Fsp3) is 0.600. The maximum atomic E-state index is 13.1. The number of benzene rings is 1. The van der Waals surface area contributed by atoms with E-state index in [0.29, 0.717) is 13.1 Å². The van der Waals surface area contributed by atoms with Crippen molar-refractivity contribution >= 4 is 17.6 Å². The summed E-state index contributed by atoms with van der Waals surface area (Å²) in [6.45, 7) is 2.86. The summed E-state index contributed by atoms with van der Waals surface area (Å²) < 4.78 is 5.20. The van der Waals surface area contributed by atoms with E-state index in [1.807, 2.05) is 29.2 Å². The first kappa shape index (κ1) is 17.2. The molecule has 26 heavy (non-hydrogen) atoms. The van der Waals surface area contributed by atoms with Crippen molar-refractivity contribution in [3.05, 3.63) is 24.3 Å². The van der Waals surface area contributed by atoms with Gasteiger partial charge in [-0.2, -0.15) is 0 Å². The van der Waals surface area contributed by atoms with Crippen LogP contribution in [0, 0.1) is 23.7 Å². The van der Waals surface area contributed by atoms with E-state index in [1.54, 1.807) is 7.11 Å². The summed E-state index contributed by atoms with van der Waals surface area (Å²) in [6, 6.07) is 7.96. The Labute approximate surface area is 153 Å². The number of ether oxygens (including phenoxy) is 1. The smallest absolute Gasteiger partial charge is 0.307 e.